The molecule has 100 valence electrons. The fraction of sp³-hybridized carbons (Fsp3) is 0.214. The van der Waals surface area contributed by atoms with Crippen molar-refractivity contribution in [2.45, 2.75) is 13.0 Å². The quantitative estimate of drug-likeness (QED) is 0.919. The van der Waals surface area contributed by atoms with E-state index in [1.54, 1.807) is 0 Å². The molecule has 0 aliphatic rings. The second-order valence-corrected chi connectivity index (χ2v) is 4.09. The van der Waals surface area contributed by atoms with Gasteiger partial charge in [-0.1, -0.05) is 6.92 Å². The average Bonchev–Trinajstić information content (AvgIpc) is 2.36. The first-order valence-corrected chi connectivity index (χ1v) is 5.90. The lowest BCUT2D eigenvalue weighted by Gasteiger charge is -2.19. The van der Waals surface area contributed by atoms with Crippen molar-refractivity contribution in [1.82, 2.24) is 10.3 Å². The second kappa shape index (κ2) is 5.84. The van der Waals surface area contributed by atoms with Gasteiger partial charge >= 0.3 is 0 Å². The van der Waals surface area contributed by atoms with Crippen molar-refractivity contribution in [2.24, 2.45) is 0 Å². The molecule has 1 heterocycles. The maximum Gasteiger partial charge on any atom is 0.146 e. The summed E-state index contributed by atoms with van der Waals surface area (Å²) in [5, 5.41) is 3.01. The van der Waals surface area contributed by atoms with Crippen LogP contribution in [0, 0.1) is 17.5 Å². The first-order chi connectivity index (χ1) is 9.11. The molecule has 1 aromatic carbocycles. The van der Waals surface area contributed by atoms with Gasteiger partial charge in [0.2, 0.25) is 0 Å². The molecule has 1 unspecified atom stereocenters. The summed E-state index contributed by atoms with van der Waals surface area (Å²) in [6.07, 6.45) is 2.52. The second-order valence-electron chi connectivity index (χ2n) is 4.09. The van der Waals surface area contributed by atoms with Gasteiger partial charge in [0.05, 0.1) is 12.2 Å². The van der Waals surface area contributed by atoms with Gasteiger partial charge in [0.1, 0.15) is 17.5 Å². The van der Waals surface area contributed by atoms with Gasteiger partial charge in [-0.05, 0) is 30.3 Å². The zero-order valence-electron chi connectivity index (χ0n) is 10.3. The molecule has 2 rings (SSSR count). The van der Waals surface area contributed by atoms with Crippen LogP contribution in [0.25, 0.3) is 0 Å². The van der Waals surface area contributed by atoms with Crippen molar-refractivity contribution in [3.8, 4) is 0 Å². The van der Waals surface area contributed by atoms with Crippen LogP contribution in [-0.4, -0.2) is 11.5 Å². The molecule has 0 radical (unpaired) electrons. The van der Waals surface area contributed by atoms with Crippen LogP contribution in [0.5, 0.6) is 0 Å². The summed E-state index contributed by atoms with van der Waals surface area (Å²) in [6.45, 7) is 2.37. The minimum Gasteiger partial charge on any atom is -0.306 e. The fourth-order valence-electron chi connectivity index (χ4n) is 1.97. The number of aromatic nitrogens is 1. The summed E-state index contributed by atoms with van der Waals surface area (Å²) in [7, 11) is 0. The zero-order valence-corrected chi connectivity index (χ0v) is 10.3. The first-order valence-electron chi connectivity index (χ1n) is 5.90. The van der Waals surface area contributed by atoms with Crippen molar-refractivity contribution in [1.29, 1.82) is 0 Å². The molecule has 0 bridgehead atoms. The third kappa shape index (κ3) is 3.12. The van der Waals surface area contributed by atoms with Crippen LogP contribution in [-0.2, 0) is 0 Å². The molecular weight excluding hydrogens is 253 g/mol. The Morgan fingerprint density at radius 3 is 2.42 bits per heavy atom. The van der Waals surface area contributed by atoms with Gasteiger partial charge in [0, 0.05) is 17.8 Å². The Morgan fingerprint density at radius 2 is 1.84 bits per heavy atom. The van der Waals surface area contributed by atoms with Gasteiger partial charge in [0.25, 0.3) is 0 Å². The maximum absolute atomic E-state index is 13.8. The zero-order chi connectivity index (χ0) is 13.8. The van der Waals surface area contributed by atoms with Crippen LogP contribution < -0.4 is 5.32 Å². The smallest absolute Gasteiger partial charge is 0.146 e. The molecule has 0 aliphatic carbocycles. The van der Waals surface area contributed by atoms with Gasteiger partial charge in [0.15, 0.2) is 0 Å². The van der Waals surface area contributed by atoms with Crippen molar-refractivity contribution < 1.29 is 13.2 Å². The molecule has 2 aromatic rings. The molecule has 0 amide bonds. The van der Waals surface area contributed by atoms with Crippen molar-refractivity contribution in [3.05, 3.63) is 65.2 Å². The summed E-state index contributed by atoms with van der Waals surface area (Å²) >= 11 is 0. The molecule has 1 atom stereocenters. The van der Waals surface area contributed by atoms with E-state index in [-0.39, 0.29) is 0 Å². The Hall–Kier alpha value is -1.88. The van der Waals surface area contributed by atoms with E-state index in [0.29, 0.717) is 17.7 Å². The predicted molar refractivity (Wildman–Crippen MR) is 66.1 cm³/mol. The predicted octanol–water partition coefficient (Wildman–Crippen LogP) is 3.20. The van der Waals surface area contributed by atoms with Gasteiger partial charge in [-0.2, -0.15) is 0 Å². The fourth-order valence-corrected chi connectivity index (χ4v) is 1.97. The van der Waals surface area contributed by atoms with E-state index >= 15 is 0 Å². The Balaban J connectivity index is 2.48. The molecule has 1 N–H and O–H groups in total. The molecule has 0 aliphatic heterocycles. The van der Waals surface area contributed by atoms with Crippen LogP contribution >= 0.6 is 0 Å². The molecule has 0 saturated carbocycles. The summed E-state index contributed by atoms with van der Waals surface area (Å²) in [4.78, 5) is 3.67. The number of nitrogens with zero attached hydrogens (tertiary/aromatic N) is 1. The van der Waals surface area contributed by atoms with Gasteiger partial charge in [-0.3, -0.25) is 4.98 Å². The summed E-state index contributed by atoms with van der Waals surface area (Å²) < 4.78 is 40.3. The van der Waals surface area contributed by atoms with Gasteiger partial charge in [-0.25, -0.2) is 13.2 Å². The molecule has 0 saturated heterocycles. The van der Waals surface area contributed by atoms with E-state index < -0.39 is 23.5 Å². The third-order valence-corrected chi connectivity index (χ3v) is 2.74. The Bertz CT molecular complexity index is 552. The highest BCUT2D eigenvalue weighted by atomic mass is 19.1. The lowest BCUT2D eigenvalue weighted by atomic mass is 9.99. The van der Waals surface area contributed by atoms with Crippen LogP contribution in [0.3, 0.4) is 0 Å². The highest BCUT2D eigenvalue weighted by Gasteiger charge is 2.18. The molecule has 19 heavy (non-hydrogen) atoms. The van der Waals surface area contributed by atoms with Crippen molar-refractivity contribution >= 4 is 0 Å². The van der Waals surface area contributed by atoms with E-state index in [9.17, 15) is 13.2 Å². The normalized spacial score (nSPS) is 12.4. The van der Waals surface area contributed by atoms with E-state index in [1.165, 1.54) is 24.4 Å². The molecule has 0 fully saturated rings. The van der Waals surface area contributed by atoms with Crippen LogP contribution in [0.4, 0.5) is 13.2 Å². The van der Waals surface area contributed by atoms with Crippen LogP contribution in [0.2, 0.25) is 0 Å². The Morgan fingerprint density at radius 1 is 1.16 bits per heavy atom. The van der Waals surface area contributed by atoms with E-state index in [1.807, 2.05) is 6.92 Å². The maximum atomic E-state index is 13.8. The van der Waals surface area contributed by atoms with Crippen LogP contribution in [0.15, 0.2) is 36.7 Å². The number of halogens is 3. The minimum absolute atomic E-state index is 0.307. The van der Waals surface area contributed by atoms with E-state index in [2.05, 4.69) is 10.3 Å². The highest BCUT2D eigenvalue weighted by molar-refractivity contribution is 5.32. The van der Waals surface area contributed by atoms with Crippen LogP contribution in [0.1, 0.15) is 24.1 Å². The summed E-state index contributed by atoms with van der Waals surface area (Å²) in [6, 6.07) is 4.05. The Labute approximate surface area is 109 Å². The first kappa shape index (κ1) is 13.5. The van der Waals surface area contributed by atoms with Crippen molar-refractivity contribution in [2.75, 3.05) is 6.54 Å². The monoisotopic (exact) mass is 266 g/mol. The molecule has 5 heteroatoms. The number of pyridine rings is 1. The van der Waals surface area contributed by atoms with E-state index in [0.717, 1.165) is 12.3 Å². The minimum atomic E-state index is -0.688. The average molecular weight is 266 g/mol. The number of nitrogens with one attached hydrogen (secondary N) is 1. The SMILES string of the molecule is CCNC(c1cc(F)cc(F)c1)c1ccncc1F. The molecule has 2 nitrogen and oxygen atoms in total. The summed E-state index contributed by atoms with van der Waals surface area (Å²) in [5.74, 6) is -1.89. The third-order valence-electron chi connectivity index (χ3n) is 2.74. The van der Waals surface area contributed by atoms with Gasteiger partial charge in [-0.15, -0.1) is 0 Å². The molecule has 1 aromatic heterocycles. The molecular formula is C14H13F3N2. The standard InChI is InChI=1S/C14H13F3N2/c1-2-19-14(12-3-4-18-8-13(12)17)9-5-10(15)7-11(16)6-9/h3-8,14,19H,2H2,1H3. The molecule has 0 spiro atoms. The van der Waals surface area contributed by atoms with Gasteiger partial charge < -0.3 is 5.32 Å². The number of hydrogen-bond acceptors (Lipinski definition) is 2. The number of rotatable bonds is 4. The lowest BCUT2D eigenvalue weighted by Crippen LogP contribution is -2.23. The summed E-state index contributed by atoms with van der Waals surface area (Å²) in [5.41, 5.74) is 0.645. The lowest BCUT2D eigenvalue weighted by molar-refractivity contribution is 0.540. The largest absolute Gasteiger partial charge is 0.306 e. The topological polar surface area (TPSA) is 24.9 Å². The number of hydrogen-bond donors (Lipinski definition) is 1. The number of benzene rings is 1. The van der Waals surface area contributed by atoms with E-state index in [4.69, 9.17) is 0 Å². The highest BCUT2D eigenvalue weighted by Crippen LogP contribution is 2.25. The Kier molecular flexibility index (Phi) is 4.16. The van der Waals surface area contributed by atoms with Crippen molar-refractivity contribution in [3.63, 3.8) is 0 Å².